The van der Waals surface area contributed by atoms with E-state index in [0.717, 1.165) is 5.56 Å². The highest BCUT2D eigenvalue weighted by Gasteiger charge is 2.57. The average Bonchev–Trinajstić information content (AvgIpc) is 3.22. The fraction of sp³-hybridized carbons (Fsp3) is 0.412. The molecule has 0 spiro atoms. The van der Waals surface area contributed by atoms with Gasteiger partial charge in [0.2, 0.25) is 11.0 Å². The number of methoxy groups -OCH3 is 1. The van der Waals surface area contributed by atoms with Crippen molar-refractivity contribution in [2.45, 2.75) is 36.6 Å². The van der Waals surface area contributed by atoms with Crippen molar-refractivity contribution in [2.75, 3.05) is 12.4 Å². The molecule has 136 valence electrons. The fourth-order valence-corrected chi connectivity index (χ4v) is 5.77. The second-order valence-electron chi connectivity index (χ2n) is 6.70. The fourth-order valence-electron chi connectivity index (χ4n) is 3.46. The van der Waals surface area contributed by atoms with Gasteiger partial charge < -0.3 is 9.64 Å². The van der Waals surface area contributed by atoms with E-state index in [0.29, 0.717) is 22.3 Å². The topological polar surface area (TPSA) is 84.4 Å². The molecule has 9 heteroatoms. The molecule has 26 heavy (non-hydrogen) atoms. The maximum Gasteiger partial charge on any atom is 0.256 e. The third kappa shape index (κ3) is 2.70. The number of hydrogen-bond acceptors (Lipinski definition) is 7. The van der Waals surface area contributed by atoms with Crippen molar-refractivity contribution in [3.05, 3.63) is 40.4 Å². The second-order valence-corrected chi connectivity index (χ2v) is 9.50. The van der Waals surface area contributed by atoms with Gasteiger partial charge in [-0.25, -0.2) is 0 Å². The van der Waals surface area contributed by atoms with Gasteiger partial charge in [-0.15, -0.1) is 22.0 Å². The first-order valence-electron chi connectivity index (χ1n) is 8.14. The molecule has 1 N–H and O–H groups in total. The van der Waals surface area contributed by atoms with Crippen molar-refractivity contribution in [1.82, 2.24) is 15.1 Å². The quantitative estimate of drug-likeness (QED) is 0.864. The van der Waals surface area contributed by atoms with Gasteiger partial charge >= 0.3 is 0 Å². The van der Waals surface area contributed by atoms with Crippen LogP contribution in [-0.2, 0) is 16.1 Å². The second kappa shape index (κ2) is 6.33. The predicted octanol–water partition coefficient (Wildman–Crippen LogP) is 2.67. The van der Waals surface area contributed by atoms with Crippen molar-refractivity contribution in [2.24, 2.45) is 0 Å². The number of nitrogens with zero attached hydrogens (tertiary/aromatic N) is 3. The van der Waals surface area contributed by atoms with Crippen molar-refractivity contribution in [3.63, 3.8) is 0 Å². The van der Waals surface area contributed by atoms with Crippen LogP contribution in [0.2, 0.25) is 0 Å². The molecule has 0 aliphatic carbocycles. The number of thioether (sulfide) groups is 1. The lowest BCUT2D eigenvalue weighted by atomic mass is 10.0. The van der Waals surface area contributed by atoms with Crippen LogP contribution >= 0.6 is 23.1 Å². The van der Waals surface area contributed by atoms with E-state index in [9.17, 15) is 9.59 Å². The van der Waals surface area contributed by atoms with Crippen LogP contribution in [0.25, 0.3) is 0 Å². The lowest BCUT2D eigenvalue weighted by Gasteiger charge is -2.29. The van der Waals surface area contributed by atoms with Crippen molar-refractivity contribution >= 4 is 40.0 Å². The van der Waals surface area contributed by atoms with Gasteiger partial charge in [-0.3, -0.25) is 14.9 Å². The van der Waals surface area contributed by atoms with Gasteiger partial charge in [-0.05, 0) is 25.5 Å². The minimum absolute atomic E-state index is 0.0961. The highest BCUT2D eigenvalue weighted by Crippen LogP contribution is 2.56. The van der Waals surface area contributed by atoms with E-state index in [2.05, 4.69) is 15.5 Å². The molecule has 2 unspecified atom stereocenters. The molecule has 0 radical (unpaired) electrons. The molecule has 3 heterocycles. The van der Waals surface area contributed by atoms with Gasteiger partial charge in [0.25, 0.3) is 5.91 Å². The van der Waals surface area contributed by atoms with Gasteiger partial charge in [-0.1, -0.05) is 29.5 Å². The lowest BCUT2D eigenvalue weighted by Crippen LogP contribution is -2.50. The summed E-state index contributed by atoms with van der Waals surface area (Å²) >= 11 is 2.91. The number of ether oxygens (including phenoxy) is 1. The monoisotopic (exact) mass is 390 g/mol. The van der Waals surface area contributed by atoms with Crippen LogP contribution in [0.3, 0.4) is 0 Å². The number of nitrogens with one attached hydrogen (secondary N) is 1. The highest BCUT2D eigenvalue weighted by molar-refractivity contribution is 8.01. The Bertz CT molecular complexity index is 882. The highest BCUT2D eigenvalue weighted by atomic mass is 32.2. The van der Waals surface area contributed by atoms with Gasteiger partial charge in [0.15, 0.2) is 0 Å². The van der Waals surface area contributed by atoms with E-state index in [1.165, 1.54) is 11.3 Å². The summed E-state index contributed by atoms with van der Waals surface area (Å²) in [6, 6.07) is 6.97. The predicted molar refractivity (Wildman–Crippen MR) is 100 cm³/mol. The molecule has 0 saturated carbocycles. The molecule has 2 atom stereocenters. The number of aromatic nitrogens is 2. The smallest absolute Gasteiger partial charge is 0.256 e. The van der Waals surface area contributed by atoms with Crippen LogP contribution in [0.4, 0.5) is 5.13 Å². The van der Waals surface area contributed by atoms with Crippen LogP contribution < -0.4 is 5.32 Å². The summed E-state index contributed by atoms with van der Waals surface area (Å²) < 4.78 is 4.61. The normalized spacial score (nSPS) is 23.0. The number of anilines is 1. The molecule has 7 nitrogen and oxygen atoms in total. The molecule has 2 aliphatic heterocycles. The summed E-state index contributed by atoms with van der Waals surface area (Å²) in [5, 5.41) is 11.7. The van der Waals surface area contributed by atoms with Crippen LogP contribution in [0.1, 0.15) is 40.2 Å². The first-order valence-corrected chi connectivity index (χ1v) is 9.83. The Labute approximate surface area is 159 Å². The number of carbonyl (C=O) groups excluding carboxylic acids is 2. The molecule has 2 aliphatic rings. The van der Waals surface area contributed by atoms with Gasteiger partial charge in [0, 0.05) is 17.4 Å². The van der Waals surface area contributed by atoms with E-state index in [1.807, 2.05) is 38.1 Å². The van der Waals surface area contributed by atoms with E-state index in [1.54, 1.807) is 23.8 Å². The molecule has 2 aromatic rings. The van der Waals surface area contributed by atoms with E-state index in [-0.39, 0.29) is 17.2 Å². The summed E-state index contributed by atoms with van der Waals surface area (Å²) in [6.45, 7) is 4.33. The van der Waals surface area contributed by atoms with Crippen molar-refractivity contribution in [3.8, 4) is 0 Å². The van der Waals surface area contributed by atoms with Gasteiger partial charge in [-0.2, -0.15) is 0 Å². The molecule has 1 fully saturated rings. The van der Waals surface area contributed by atoms with Crippen LogP contribution in [-0.4, -0.2) is 44.8 Å². The maximum atomic E-state index is 13.0. The van der Waals surface area contributed by atoms with Crippen LogP contribution in [0.15, 0.2) is 24.3 Å². The molecule has 4 rings (SSSR count). The Kier molecular flexibility index (Phi) is 4.25. The van der Waals surface area contributed by atoms with E-state index >= 15 is 0 Å². The summed E-state index contributed by atoms with van der Waals surface area (Å²) in [7, 11) is 1.58. The first kappa shape index (κ1) is 17.4. The standard InChI is InChI=1S/C17H18N4O3S2/c1-17(2)12(13(22)18-16-20-19-11(25-16)8-24-3)21-14(23)9-6-4-5-7-10(9)15(21)26-17/h4-7,12,15H,8H2,1-3H3,(H,18,20,22). The Morgan fingerprint density at radius 2 is 2.12 bits per heavy atom. The third-order valence-corrected chi connectivity index (χ3v) is 6.86. The zero-order chi connectivity index (χ0) is 18.5. The number of amides is 2. The number of rotatable bonds is 4. The SMILES string of the molecule is COCc1nnc(NC(=O)C2N3C(=O)c4ccccc4C3SC2(C)C)s1. The zero-order valence-electron chi connectivity index (χ0n) is 14.6. The molecular formula is C17H18N4O3S2. The van der Waals surface area contributed by atoms with Gasteiger partial charge in [0.05, 0.1) is 0 Å². The zero-order valence-corrected chi connectivity index (χ0v) is 16.2. The molecule has 0 bridgehead atoms. The number of benzene rings is 1. The molecule has 1 aromatic heterocycles. The number of carbonyl (C=O) groups is 2. The van der Waals surface area contributed by atoms with E-state index in [4.69, 9.17) is 4.74 Å². The summed E-state index contributed by atoms with van der Waals surface area (Å²) in [6.07, 6.45) is 0. The number of hydrogen-bond donors (Lipinski definition) is 1. The summed E-state index contributed by atoms with van der Waals surface area (Å²) in [5.41, 5.74) is 1.65. The summed E-state index contributed by atoms with van der Waals surface area (Å²) in [4.78, 5) is 27.6. The maximum absolute atomic E-state index is 13.0. The molecular weight excluding hydrogens is 372 g/mol. The van der Waals surface area contributed by atoms with E-state index < -0.39 is 10.8 Å². The lowest BCUT2D eigenvalue weighted by molar-refractivity contribution is -0.121. The van der Waals surface area contributed by atoms with Crippen molar-refractivity contribution < 1.29 is 14.3 Å². The Morgan fingerprint density at radius 1 is 1.35 bits per heavy atom. The van der Waals surface area contributed by atoms with Crippen LogP contribution in [0, 0.1) is 0 Å². The summed E-state index contributed by atoms with van der Waals surface area (Å²) in [5.74, 6) is -0.340. The third-order valence-electron chi connectivity index (χ3n) is 4.51. The molecule has 1 saturated heterocycles. The van der Waals surface area contributed by atoms with Crippen molar-refractivity contribution in [1.29, 1.82) is 0 Å². The van der Waals surface area contributed by atoms with Crippen LogP contribution in [0.5, 0.6) is 0 Å². The Morgan fingerprint density at radius 3 is 2.88 bits per heavy atom. The Balaban J connectivity index is 1.61. The minimum atomic E-state index is -0.591. The van der Waals surface area contributed by atoms with Gasteiger partial charge in [0.1, 0.15) is 23.0 Å². The largest absolute Gasteiger partial charge is 0.377 e. The first-order chi connectivity index (χ1) is 12.4. The average molecular weight is 390 g/mol. The Hall–Kier alpha value is -1.97. The minimum Gasteiger partial charge on any atom is -0.377 e. The molecule has 1 aromatic carbocycles. The molecule has 2 amide bonds. The number of fused-ring (bicyclic) bond motifs is 3.